The van der Waals surface area contributed by atoms with Gasteiger partial charge in [0, 0.05) is 48.7 Å². The Labute approximate surface area is 261 Å². The largest absolute Gasteiger partial charge is 0.456 e. The second kappa shape index (κ2) is 11.3. The third kappa shape index (κ3) is 4.77. The van der Waals surface area contributed by atoms with Crippen molar-refractivity contribution in [2.45, 2.75) is 44.2 Å². The Morgan fingerprint density at radius 1 is 1.11 bits per heavy atom. The third-order valence-electron chi connectivity index (χ3n) is 9.12. The summed E-state index contributed by atoms with van der Waals surface area (Å²) >= 11 is 0. The highest BCUT2D eigenvalue weighted by molar-refractivity contribution is 6.03. The first-order valence-electron chi connectivity index (χ1n) is 15.5. The van der Waals surface area contributed by atoms with Gasteiger partial charge in [0.1, 0.15) is 18.2 Å². The topological polar surface area (TPSA) is 196 Å². The number of fused-ring (bicyclic) bond motifs is 3. The molecule has 1 saturated carbocycles. The number of furan rings is 1. The number of aromatic amines is 1. The minimum absolute atomic E-state index is 0.0131. The smallest absolute Gasteiger partial charge is 0.254 e. The fourth-order valence-corrected chi connectivity index (χ4v) is 6.75. The van der Waals surface area contributed by atoms with Gasteiger partial charge in [-0.3, -0.25) is 14.0 Å². The standard InChI is InChI=1S/C32H33N9O5/c33-21-3-1-2-4-22(21)37-32-38-23(26(30(34)43)31-39-36-16-41(31)32)13-17-5-6-18(19-7-8-35-27(17)19)20-15-45-29-24(42)14-25(46-28(20)29)40-9-11-44-12-10-40/h5-8,14-16,21-22,35H,1-4,9-13,33H2,(H2,34,43)(H,37,38)/t21-,22+/m1/s1. The van der Waals surface area contributed by atoms with Crippen LogP contribution < -0.4 is 27.1 Å². The van der Waals surface area contributed by atoms with E-state index in [-0.39, 0.29) is 35.1 Å². The van der Waals surface area contributed by atoms with E-state index >= 15 is 0 Å². The number of benzene rings is 1. The number of rotatable bonds is 7. The van der Waals surface area contributed by atoms with Crippen molar-refractivity contribution in [3.05, 3.63) is 70.1 Å². The third-order valence-corrected chi connectivity index (χ3v) is 9.12. The molecule has 1 aliphatic carbocycles. The van der Waals surface area contributed by atoms with Crippen molar-refractivity contribution in [3.8, 4) is 11.1 Å². The number of morpholine rings is 1. The predicted octanol–water partition coefficient (Wildman–Crippen LogP) is 3.18. The molecule has 236 valence electrons. The van der Waals surface area contributed by atoms with Crippen LogP contribution in [0.2, 0.25) is 0 Å². The lowest BCUT2D eigenvalue weighted by atomic mass is 9.91. The molecule has 1 saturated heterocycles. The van der Waals surface area contributed by atoms with E-state index in [2.05, 4.69) is 20.5 Å². The van der Waals surface area contributed by atoms with Crippen molar-refractivity contribution in [3.63, 3.8) is 0 Å². The highest BCUT2D eigenvalue weighted by Gasteiger charge is 2.27. The Kier molecular flexibility index (Phi) is 6.95. The molecule has 0 spiro atoms. The molecule has 14 nitrogen and oxygen atoms in total. The van der Waals surface area contributed by atoms with Crippen molar-refractivity contribution in [2.75, 3.05) is 36.5 Å². The number of carbonyl (C=O) groups is 1. The Morgan fingerprint density at radius 2 is 1.96 bits per heavy atom. The van der Waals surface area contributed by atoms with E-state index < -0.39 is 5.91 Å². The molecule has 5 aromatic heterocycles. The predicted molar refractivity (Wildman–Crippen MR) is 171 cm³/mol. The van der Waals surface area contributed by atoms with Crippen molar-refractivity contribution >= 4 is 45.5 Å². The monoisotopic (exact) mass is 623 g/mol. The van der Waals surface area contributed by atoms with Crippen molar-refractivity contribution in [2.24, 2.45) is 11.5 Å². The first-order valence-corrected chi connectivity index (χ1v) is 15.5. The van der Waals surface area contributed by atoms with Crippen LogP contribution in [0.25, 0.3) is 38.8 Å². The van der Waals surface area contributed by atoms with E-state index in [1.165, 1.54) is 12.4 Å². The Hall–Kier alpha value is -5.21. The van der Waals surface area contributed by atoms with Gasteiger partial charge < -0.3 is 40.2 Å². The summed E-state index contributed by atoms with van der Waals surface area (Å²) in [7, 11) is 0. The molecule has 1 aliphatic heterocycles. The van der Waals surface area contributed by atoms with Gasteiger partial charge in [0.25, 0.3) is 5.91 Å². The minimum atomic E-state index is -0.642. The number of aromatic nitrogens is 5. The van der Waals surface area contributed by atoms with Crippen LogP contribution in [0.5, 0.6) is 0 Å². The summed E-state index contributed by atoms with van der Waals surface area (Å²) in [5, 5.41) is 12.7. The maximum atomic E-state index is 13.0. The summed E-state index contributed by atoms with van der Waals surface area (Å²) < 4.78 is 19.1. The molecular formula is C32H33N9O5. The lowest BCUT2D eigenvalue weighted by Crippen LogP contribution is -2.43. The zero-order chi connectivity index (χ0) is 31.4. The lowest BCUT2D eigenvalue weighted by Gasteiger charge is -2.30. The number of nitrogens with zero attached hydrogens (tertiary/aromatic N) is 5. The highest BCUT2D eigenvalue weighted by atomic mass is 16.5. The van der Waals surface area contributed by atoms with E-state index in [9.17, 15) is 9.59 Å². The van der Waals surface area contributed by atoms with Gasteiger partial charge in [0.15, 0.2) is 17.1 Å². The van der Waals surface area contributed by atoms with Gasteiger partial charge in [-0.25, -0.2) is 4.98 Å². The average molecular weight is 624 g/mol. The van der Waals surface area contributed by atoms with Gasteiger partial charge in [-0.05, 0) is 30.0 Å². The van der Waals surface area contributed by atoms with Crippen LogP contribution in [0.4, 0.5) is 11.8 Å². The second-order valence-corrected chi connectivity index (χ2v) is 11.9. The number of anilines is 2. The molecule has 6 aromatic rings. The zero-order valence-electron chi connectivity index (χ0n) is 25.0. The van der Waals surface area contributed by atoms with Crippen LogP contribution in [0.1, 0.15) is 47.3 Å². The minimum Gasteiger partial charge on any atom is -0.456 e. The number of carbonyl (C=O) groups excluding carboxylic acids is 1. The van der Waals surface area contributed by atoms with Gasteiger partial charge in [-0.1, -0.05) is 25.0 Å². The maximum absolute atomic E-state index is 13.0. The number of hydrogen-bond donors (Lipinski definition) is 4. The molecule has 6 N–H and O–H groups in total. The van der Waals surface area contributed by atoms with Crippen molar-refractivity contribution in [1.29, 1.82) is 0 Å². The molecule has 8 rings (SSSR count). The molecule has 2 atom stereocenters. The van der Waals surface area contributed by atoms with Crippen LogP contribution in [0, 0.1) is 0 Å². The average Bonchev–Trinajstić information content (AvgIpc) is 3.83. The quantitative estimate of drug-likeness (QED) is 0.204. The molecule has 46 heavy (non-hydrogen) atoms. The number of nitrogens with two attached hydrogens (primary N) is 2. The van der Waals surface area contributed by atoms with Crippen molar-refractivity contribution in [1.82, 2.24) is 24.6 Å². The number of hydrogen-bond acceptors (Lipinski definition) is 11. The Balaban J connectivity index is 1.20. The number of nitrogens with one attached hydrogen (secondary N) is 2. The van der Waals surface area contributed by atoms with Gasteiger partial charge in [-0.15, -0.1) is 10.2 Å². The molecular weight excluding hydrogens is 590 g/mol. The highest BCUT2D eigenvalue weighted by Crippen LogP contribution is 2.37. The molecule has 1 aromatic carbocycles. The SMILES string of the molecule is NC(=O)c1c(Cc2ccc(-c3coc4c(=O)cc(N5CCOCC5)oc34)c3cc[nH]c23)nc(N[C@H]2CCCC[C@H]2N)n2cnnc12. The van der Waals surface area contributed by atoms with E-state index in [1.54, 1.807) is 10.7 Å². The van der Waals surface area contributed by atoms with Crippen LogP contribution in [-0.4, -0.2) is 68.9 Å². The Bertz CT molecular complexity index is 2160. The molecule has 1 amide bonds. The van der Waals surface area contributed by atoms with E-state index in [1.807, 2.05) is 29.3 Å². The van der Waals surface area contributed by atoms with Crippen LogP contribution in [0.15, 0.2) is 56.7 Å². The number of amides is 1. The second-order valence-electron chi connectivity index (χ2n) is 11.9. The maximum Gasteiger partial charge on any atom is 0.254 e. The van der Waals surface area contributed by atoms with Crippen LogP contribution in [-0.2, 0) is 11.2 Å². The summed E-state index contributed by atoms with van der Waals surface area (Å²) in [4.78, 5) is 36.0. The molecule has 2 fully saturated rings. The summed E-state index contributed by atoms with van der Waals surface area (Å²) in [6.45, 7) is 2.39. The molecule has 14 heteroatoms. The van der Waals surface area contributed by atoms with Crippen LogP contribution >= 0.6 is 0 Å². The summed E-state index contributed by atoms with van der Waals surface area (Å²) in [5.74, 6) is 0.354. The first-order chi connectivity index (χ1) is 22.5. The van der Waals surface area contributed by atoms with E-state index in [0.29, 0.717) is 60.6 Å². The van der Waals surface area contributed by atoms with Gasteiger partial charge in [0.05, 0.1) is 30.5 Å². The normalized spacial score (nSPS) is 18.9. The molecule has 0 unspecified atom stereocenters. The van der Waals surface area contributed by atoms with Crippen LogP contribution in [0.3, 0.4) is 0 Å². The molecule has 2 aliphatic rings. The van der Waals surface area contributed by atoms with E-state index in [4.69, 9.17) is 30.0 Å². The van der Waals surface area contributed by atoms with Gasteiger partial charge in [0.2, 0.25) is 17.0 Å². The zero-order valence-corrected chi connectivity index (χ0v) is 25.0. The fraction of sp³-hybridized carbons (Fsp3) is 0.344. The number of H-pyrrole nitrogens is 1. The van der Waals surface area contributed by atoms with E-state index in [0.717, 1.165) is 47.7 Å². The van der Waals surface area contributed by atoms with Crippen molar-refractivity contribution < 1.29 is 18.4 Å². The van der Waals surface area contributed by atoms with Gasteiger partial charge >= 0.3 is 0 Å². The first kappa shape index (κ1) is 28.3. The number of primary amides is 1. The molecule has 0 bridgehead atoms. The molecule has 0 radical (unpaired) electrons. The summed E-state index contributed by atoms with van der Waals surface area (Å²) in [6, 6.07) is 7.36. The fourth-order valence-electron chi connectivity index (χ4n) is 6.75. The van der Waals surface area contributed by atoms with Gasteiger partial charge in [-0.2, -0.15) is 0 Å². The summed E-state index contributed by atoms with van der Waals surface area (Å²) in [6.07, 6.45) is 9.22. The summed E-state index contributed by atoms with van der Waals surface area (Å²) in [5.41, 5.74) is 16.8. The number of ether oxygens (including phenoxy) is 1. The molecule has 6 heterocycles. The lowest BCUT2D eigenvalue weighted by molar-refractivity contribution is 0.1000. The Morgan fingerprint density at radius 3 is 2.78 bits per heavy atom.